The maximum atomic E-state index is 12.3. The maximum absolute atomic E-state index is 12.3. The monoisotopic (exact) mass is 404 g/mol. The lowest BCUT2D eigenvalue weighted by atomic mass is 10.3. The fourth-order valence-corrected chi connectivity index (χ4v) is 4.59. The highest BCUT2D eigenvalue weighted by molar-refractivity contribution is 9.10. The molecule has 9 heteroatoms. The van der Waals surface area contributed by atoms with Crippen LogP contribution < -0.4 is 4.72 Å². The van der Waals surface area contributed by atoms with Crippen LogP contribution in [0.5, 0.6) is 0 Å². The molecule has 2 aromatic rings. The Morgan fingerprint density at radius 3 is 2.82 bits per heavy atom. The van der Waals surface area contributed by atoms with Gasteiger partial charge in [-0.3, -0.25) is 9.52 Å². The number of esters is 1. The van der Waals surface area contributed by atoms with Gasteiger partial charge < -0.3 is 4.74 Å². The van der Waals surface area contributed by atoms with Crippen LogP contribution in [0.4, 0.5) is 5.13 Å². The summed E-state index contributed by atoms with van der Waals surface area (Å²) in [5.41, 5.74) is 0.466. The molecule has 6 nitrogen and oxygen atoms in total. The average molecular weight is 405 g/mol. The van der Waals surface area contributed by atoms with Crippen LogP contribution in [0.1, 0.15) is 12.6 Å². The zero-order chi connectivity index (χ0) is 16.2. The third kappa shape index (κ3) is 4.28. The van der Waals surface area contributed by atoms with Gasteiger partial charge in [0.05, 0.1) is 18.7 Å². The first-order valence-electron chi connectivity index (χ1n) is 6.29. The number of ether oxygens (including phenoxy) is 1. The third-order valence-electron chi connectivity index (χ3n) is 2.53. The molecule has 2 rings (SSSR count). The smallest absolute Gasteiger partial charge is 0.311 e. The number of hydrogen-bond donors (Lipinski definition) is 1. The van der Waals surface area contributed by atoms with Crippen molar-refractivity contribution >= 4 is 48.4 Å². The summed E-state index contributed by atoms with van der Waals surface area (Å²) in [5.74, 6) is -0.395. The molecular weight excluding hydrogens is 392 g/mol. The van der Waals surface area contributed by atoms with Crippen LogP contribution in [0.25, 0.3) is 0 Å². The number of sulfonamides is 1. The van der Waals surface area contributed by atoms with Gasteiger partial charge in [0.1, 0.15) is 4.90 Å². The number of anilines is 1. The Kier molecular flexibility index (Phi) is 5.54. The highest BCUT2D eigenvalue weighted by Crippen LogP contribution is 2.25. The molecule has 0 bridgehead atoms. The lowest BCUT2D eigenvalue weighted by Crippen LogP contribution is -2.13. The number of nitrogens with one attached hydrogen (secondary N) is 1. The lowest BCUT2D eigenvalue weighted by molar-refractivity contribution is -0.142. The lowest BCUT2D eigenvalue weighted by Gasteiger charge is -2.06. The van der Waals surface area contributed by atoms with Crippen molar-refractivity contribution in [1.29, 1.82) is 0 Å². The van der Waals surface area contributed by atoms with E-state index in [0.717, 1.165) is 11.3 Å². The van der Waals surface area contributed by atoms with E-state index in [1.54, 1.807) is 30.5 Å². The Bertz CT molecular complexity index is 774. The Labute approximate surface area is 140 Å². The highest BCUT2D eigenvalue weighted by Gasteiger charge is 2.19. The predicted octanol–water partition coefficient (Wildman–Crippen LogP) is 2.81. The zero-order valence-electron chi connectivity index (χ0n) is 11.6. The van der Waals surface area contributed by atoms with Crippen LogP contribution in [0.15, 0.2) is 39.0 Å². The fraction of sp³-hybridized carbons (Fsp3) is 0.231. The zero-order valence-corrected chi connectivity index (χ0v) is 14.8. The van der Waals surface area contributed by atoms with Crippen molar-refractivity contribution in [3.05, 3.63) is 39.8 Å². The average Bonchev–Trinajstić information content (AvgIpc) is 2.85. The molecule has 0 atom stereocenters. The molecule has 0 unspecified atom stereocenters. The summed E-state index contributed by atoms with van der Waals surface area (Å²) in [7, 11) is -3.73. The first-order chi connectivity index (χ1) is 10.4. The van der Waals surface area contributed by atoms with Gasteiger partial charge in [0.15, 0.2) is 5.13 Å². The van der Waals surface area contributed by atoms with Gasteiger partial charge in [-0.15, -0.1) is 11.3 Å². The number of rotatable bonds is 6. The highest BCUT2D eigenvalue weighted by atomic mass is 79.9. The van der Waals surface area contributed by atoms with Crippen molar-refractivity contribution in [2.45, 2.75) is 18.2 Å². The summed E-state index contributed by atoms with van der Waals surface area (Å²) in [4.78, 5) is 15.6. The Morgan fingerprint density at radius 1 is 1.41 bits per heavy atom. The molecule has 0 amide bonds. The first kappa shape index (κ1) is 16.9. The summed E-state index contributed by atoms with van der Waals surface area (Å²) in [6, 6.07) is 6.49. The number of halogens is 1. The van der Waals surface area contributed by atoms with Gasteiger partial charge in [0.25, 0.3) is 10.0 Å². The third-order valence-corrected chi connectivity index (χ3v) is 5.82. The van der Waals surface area contributed by atoms with Crippen LogP contribution in [0, 0.1) is 0 Å². The summed E-state index contributed by atoms with van der Waals surface area (Å²) < 4.78 is 32.3. The number of aromatic nitrogens is 1. The van der Waals surface area contributed by atoms with E-state index in [2.05, 4.69) is 25.6 Å². The molecule has 0 fully saturated rings. The minimum atomic E-state index is -3.73. The van der Waals surface area contributed by atoms with E-state index >= 15 is 0 Å². The van der Waals surface area contributed by atoms with E-state index in [0.29, 0.717) is 16.8 Å². The molecule has 1 N–H and O–H groups in total. The van der Waals surface area contributed by atoms with Crippen molar-refractivity contribution < 1.29 is 17.9 Å². The van der Waals surface area contributed by atoms with E-state index in [1.807, 2.05) is 0 Å². The number of hydrogen-bond acceptors (Lipinski definition) is 6. The van der Waals surface area contributed by atoms with Crippen LogP contribution in [0.2, 0.25) is 0 Å². The minimum Gasteiger partial charge on any atom is -0.466 e. The molecule has 0 saturated carbocycles. The van der Waals surface area contributed by atoms with Crippen LogP contribution in [0.3, 0.4) is 0 Å². The number of nitrogens with zero attached hydrogens (tertiary/aromatic N) is 1. The largest absolute Gasteiger partial charge is 0.466 e. The van der Waals surface area contributed by atoms with Gasteiger partial charge in [0, 0.05) is 9.85 Å². The van der Waals surface area contributed by atoms with E-state index < -0.39 is 16.0 Å². The Morgan fingerprint density at radius 2 is 2.14 bits per heavy atom. The van der Waals surface area contributed by atoms with Crippen molar-refractivity contribution in [3.8, 4) is 0 Å². The molecule has 1 aromatic carbocycles. The summed E-state index contributed by atoms with van der Waals surface area (Å²) in [6.07, 6.45) is 0.0150. The number of carbonyl (C=O) groups is 1. The molecule has 0 aliphatic carbocycles. The standard InChI is InChI=1S/C13H13BrN2O4S2/c1-2-20-12(17)7-9-8-21-13(15-9)16-22(18,19)11-6-4-3-5-10(11)14/h3-6,8H,2,7H2,1H3,(H,15,16). The van der Waals surface area contributed by atoms with Crippen LogP contribution in [-0.4, -0.2) is 26.0 Å². The van der Waals surface area contributed by atoms with E-state index in [-0.39, 0.29) is 16.4 Å². The van der Waals surface area contributed by atoms with Crippen molar-refractivity contribution in [3.63, 3.8) is 0 Å². The van der Waals surface area contributed by atoms with Crippen molar-refractivity contribution in [1.82, 2.24) is 4.98 Å². The molecule has 1 heterocycles. The van der Waals surface area contributed by atoms with Gasteiger partial charge in [-0.25, -0.2) is 13.4 Å². The van der Waals surface area contributed by atoms with E-state index in [4.69, 9.17) is 4.74 Å². The van der Waals surface area contributed by atoms with Gasteiger partial charge in [0.2, 0.25) is 0 Å². The second kappa shape index (κ2) is 7.21. The van der Waals surface area contributed by atoms with Gasteiger partial charge >= 0.3 is 5.97 Å². The van der Waals surface area contributed by atoms with Crippen LogP contribution in [-0.2, 0) is 26.0 Å². The number of carbonyl (C=O) groups excluding carboxylic acids is 1. The molecule has 1 aromatic heterocycles. The second-order valence-corrected chi connectivity index (χ2v) is 7.52. The molecule has 0 aliphatic heterocycles. The molecule has 118 valence electrons. The predicted molar refractivity (Wildman–Crippen MR) is 87.4 cm³/mol. The molecule has 0 radical (unpaired) electrons. The summed E-state index contributed by atoms with van der Waals surface area (Å²) >= 11 is 4.32. The van der Waals surface area contributed by atoms with Gasteiger partial charge in [-0.05, 0) is 35.0 Å². The summed E-state index contributed by atoms with van der Waals surface area (Å²) in [6.45, 7) is 2.01. The Hall–Kier alpha value is -1.45. The molecular formula is C13H13BrN2O4S2. The Balaban J connectivity index is 2.13. The van der Waals surface area contributed by atoms with Crippen molar-refractivity contribution in [2.24, 2.45) is 0 Å². The SMILES string of the molecule is CCOC(=O)Cc1csc(NS(=O)(=O)c2ccccc2Br)n1. The minimum absolute atomic E-state index is 0.0150. The molecule has 0 saturated heterocycles. The molecule has 0 spiro atoms. The normalized spacial score (nSPS) is 11.2. The van der Waals surface area contributed by atoms with E-state index in [9.17, 15) is 13.2 Å². The summed E-state index contributed by atoms with van der Waals surface area (Å²) in [5, 5.41) is 1.82. The van der Waals surface area contributed by atoms with E-state index in [1.165, 1.54) is 6.07 Å². The molecule has 22 heavy (non-hydrogen) atoms. The van der Waals surface area contributed by atoms with Gasteiger partial charge in [-0.2, -0.15) is 0 Å². The van der Waals surface area contributed by atoms with Gasteiger partial charge in [-0.1, -0.05) is 12.1 Å². The number of thiazole rings is 1. The topological polar surface area (TPSA) is 85.4 Å². The number of benzene rings is 1. The maximum Gasteiger partial charge on any atom is 0.311 e. The van der Waals surface area contributed by atoms with Crippen LogP contribution >= 0.6 is 27.3 Å². The molecule has 0 aliphatic rings. The van der Waals surface area contributed by atoms with Crippen molar-refractivity contribution in [2.75, 3.05) is 11.3 Å². The fourth-order valence-electron chi connectivity index (χ4n) is 1.63. The first-order valence-corrected chi connectivity index (χ1v) is 9.45. The second-order valence-electron chi connectivity index (χ2n) is 4.16. The quantitative estimate of drug-likeness (QED) is 0.748.